The second-order valence-corrected chi connectivity index (χ2v) is 6.71. The summed E-state index contributed by atoms with van der Waals surface area (Å²) in [5.41, 5.74) is 2.09. The number of allylic oxidation sites excluding steroid dienone is 2. The molecular weight excluding hydrogens is 384 g/mol. The van der Waals surface area contributed by atoms with Crippen molar-refractivity contribution < 1.29 is 29.0 Å². The van der Waals surface area contributed by atoms with E-state index in [-0.39, 0.29) is 23.9 Å². The molecule has 1 aromatic rings. The van der Waals surface area contributed by atoms with E-state index in [0.29, 0.717) is 17.1 Å². The highest BCUT2D eigenvalue weighted by Gasteiger charge is 2.39. The van der Waals surface area contributed by atoms with Gasteiger partial charge in [0.2, 0.25) is 0 Å². The standard InChI is InChI=1S/C18H24N4O7/c1-10(2)29-18(24)15-12(4)20-11(3)14(16(15)13-8-19-9-21(13)5)17(23)27-6-7-28-22(25)26/h8-10,16,20H,6-7H2,1-5H3. The molecule has 2 rings (SSSR count). The van der Waals surface area contributed by atoms with Gasteiger partial charge in [0.15, 0.2) is 0 Å². The van der Waals surface area contributed by atoms with Crippen LogP contribution in [0.15, 0.2) is 35.1 Å². The van der Waals surface area contributed by atoms with Crippen LogP contribution in [0.4, 0.5) is 0 Å². The van der Waals surface area contributed by atoms with Crippen molar-refractivity contribution in [1.82, 2.24) is 14.9 Å². The topological polar surface area (TPSA) is 135 Å². The second-order valence-electron chi connectivity index (χ2n) is 6.71. The van der Waals surface area contributed by atoms with E-state index in [1.165, 1.54) is 0 Å². The van der Waals surface area contributed by atoms with Crippen molar-refractivity contribution in [2.24, 2.45) is 7.05 Å². The first kappa shape index (κ1) is 21.9. The maximum Gasteiger partial charge on any atom is 0.337 e. The molecule has 1 aromatic heterocycles. The summed E-state index contributed by atoms with van der Waals surface area (Å²) in [7, 11) is 1.74. The average Bonchev–Trinajstić information content (AvgIpc) is 3.02. The fourth-order valence-electron chi connectivity index (χ4n) is 3.08. The van der Waals surface area contributed by atoms with E-state index in [1.54, 1.807) is 51.8 Å². The van der Waals surface area contributed by atoms with E-state index in [0.717, 1.165) is 0 Å². The zero-order valence-corrected chi connectivity index (χ0v) is 16.9. The predicted molar refractivity (Wildman–Crippen MR) is 99.6 cm³/mol. The van der Waals surface area contributed by atoms with Crippen LogP contribution < -0.4 is 5.32 Å². The average molecular weight is 408 g/mol. The minimum Gasteiger partial charge on any atom is -0.460 e. The van der Waals surface area contributed by atoms with Gasteiger partial charge in [-0.25, -0.2) is 14.6 Å². The minimum atomic E-state index is -0.967. The maximum atomic E-state index is 12.8. The number of nitrogens with zero attached hydrogens (tertiary/aromatic N) is 3. The normalized spacial score (nSPS) is 16.6. The van der Waals surface area contributed by atoms with Gasteiger partial charge in [0.25, 0.3) is 5.09 Å². The lowest BCUT2D eigenvalue weighted by atomic mass is 9.83. The molecule has 0 saturated heterocycles. The summed E-state index contributed by atoms with van der Waals surface area (Å²) >= 11 is 0. The molecule has 1 aliphatic rings. The molecule has 1 aliphatic heterocycles. The van der Waals surface area contributed by atoms with Crippen molar-refractivity contribution in [2.45, 2.75) is 39.7 Å². The summed E-state index contributed by atoms with van der Waals surface area (Å²) in [6, 6.07) is 0. The Morgan fingerprint density at radius 1 is 1.24 bits per heavy atom. The molecule has 0 fully saturated rings. The molecule has 0 spiro atoms. The highest BCUT2D eigenvalue weighted by atomic mass is 17.0. The van der Waals surface area contributed by atoms with Gasteiger partial charge in [-0.2, -0.15) is 0 Å². The van der Waals surface area contributed by atoms with Crippen LogP contribution in [0.25, 0.3) is 0 Å². The van der Waals surface area contributed by atoms with Gasteiger partial charge in [-0.05, 0) is 27.7 Å². The van der Waals surface area contributed by atoms with Crippen molar-refractivity contribution >= 4 is 11.9 Å². The third-order valence-corrected chi connectivity index (χ3v) is 4.21. The number of nitrogens with one attached hydrogen (secondary N) is 1. The number of aryl methyl sites for hydroxylation is 1. The van der Waals surface area contributed by atoms with E-state index >= 15 is 0 Å². The Morgan fingerprint density at radius 3 is 2.38 bits per heavy atom. The first-order valence-corrected chi connectivity index (χ1v) is 8.93. The Hall–Kier alpha value is -3.37. The number of rotatable bonds is 8. The molecule has 1 atom stereocenters. The van der Waals surface area contributed by atoms with Gasteiger partial charge < -0.3 is 24.2 Å². The van der Waals surface area contributed by atoms with Crippen molar-refractivity contribution in [2.75, 3.05) is 13.2 Å². The van der Waals surface area contributed by atoms with E-state index in [2.05, 4.69) is 15.1 Å². The molecule has 0 bridgehead atoms. The Morgan fingerprint density at radius 2 is 1.86 bits per heavy atom. The minimum absolute atomic E-state index is 0.191. The van der Waals surface area contributed by atoms with Gasteiger partial charge >= 0.3 is 11.9 Å². The van der Waals surface area contributed by atoms with Crippen LogP contribution in [0.3, 0.4) is 0 Å². The molecule has 1 N–H and O–H groups in total. The first-order valence-electron chi connectivity index (χ1n) is 8.93. The van der Waals surface area contributed by atoms with Crippen LogP contribution in [-0.2, 0) is 30.9 Å². The molecule has 2 heterocycles. The second kappa shape index (κ2) is 9.22. The number of carbonyl (C=O) groups is 2. The van der Waals surface area contributed by atoms with E-state index in [1.807, 2.05) is 0 Å². The van der Waals surface area contributed by atoms with Gasteiger partial charge in [0.1, 0.15) is 13.2 Å². The summed E-state index contributed by atoms with van der Waals surface area (Å²) < 4.78 is 12.2. The van der Waals surface area contributed by atoms with Gasteiger partial charge in [0, 0.05) is 30.3 Å². The van der Waals surface area contributed by atoms with Gasteiger partial charge in [-0.15, -0.1) is 10.1 Å². The Bertz CT molecular complexity index is 869. The summed E-state index contributed by atoms with van der Waals surface area (Å²) in [4.78, 5) is 44.1. The number of aromatic nitrogens is 2. The number of hydrogen-bond acceptors (Lipinski definition) is 9. The quantitative estimate of drug-likeness (QED) is 0.293. The van der Waals surface area contributed by atoms with E-state index in [4.69, 9.17) is 9.47 Å². The van der Waals surface area contributed by atoms with Crippen LogP contribution in [0, 0.1) is 10.1 Å². The highest BCUT2D eigenvalue weighted by molar-refractivity contribution is 5.99. The van der Waals surface area contributed by atoms with Crippen molar-refractivity contribution in [3.8, 4) is 0 Å². The van der Waals surface area contributed by atoms with Crippen LogP contribution in [-0.4, -0.2) is 45.9 Å². The third-order valence-electron chi connectivity index (χ3n) is 4.21. The predicted octanol–water partition coefficient (Wildman–Crippen LogP) is 1.36. The van der Waals surface area contributed by atoms with Crippen molar-refractivity contribution in [1.29, 1.82) is 0 Å². The summed E-state index contributed by atoms with van der Waals surface area (Å²) in [5.74, 6) is -2.07. The molecule has 158 valence electrons. The number of carbonyl (C=O) groups excluding carboxylic acids is 2. The van der Waals surface area contributed by atoms with Crippen molar-refractivity contribution in [3.05, 3.63) is 50.9 Å². The Labute approximate surface area is 167 Å². The number of hydrogen-bond donors (Lipinski definition) is 1. The van der Waals surface area contributed by atoms with Crippen LogP contribution in [0.2, 0.25) is 0 Å². The third kappa shape index (κ3) is 5.12. The zero-order valence-electron chi connectivity index (χ0n) is 16.9. The number of dihydropyridines is 1. The fraction of sp³-hybridized carbons (Fsp3) is 0.500. The van der Waals surface area contributed by atoms with Crippen LogP contribution >= 0.6 is 0 Å². The summed E-state index contributed by atoms with van der Waals surface area (Å²) in [6.45, 7) is 6.15. The molecule has 0 saturated carbocycles. The molecule has 29 heavy (non-hydrogen) atoms. The van der Waals surface area contributed by atoms with Crippen molar-refractivity contribution in [3.63, 3.8) is 0 Å². The maximum absolute atomic E-state index is 12.8. The lowest BCUT2D eigenvalue weighted by Crippen LogP contribution is -2.34. The smallest absolute Gasteiger partial charge is 0.337 e. The van der Waals surface area contributed by atoms with Gasteiger partial charge in [0.05, 0.1) is 29.5 Å². The molecule has 0 aromatic carbocycles. The SMILES string of the molecule is CC1=C(C(=O)OCCO[N+](=O)[O-])C(c2cncn2C)C(C(=O)OC(C)C)=C(C)N1. The summed E-state index contributed by atoms with van der Waals surface area (Å²) in [6.07, 6.45) is 2.76. The molecular formula is C18H24N4O7. The molecule has 0 radical (unpaired) electrons. The highest BCUT2D eigenvalue weighted by Crippen LogP contribution is 2.39. The number of imidazole rings is 1. The van der Waals surface area contributed by atoms with E-state index < -0.39 is 29.6 Å². The molecule has 11 heteroatoms. The lowest BCUT2D eigenvalue weighted by Gasteiger charge is -2.30. The van der Waals surface area contributed by atoms with Gasteiger partial charge in [-0.1, -0.05) is 0 Å². The molecule has 1 unspecified atom stereocenters. The Balaban J connectivity index is 2.41. The number of ether oxygens (including phenoxy) is 2. The first-order chi connectivity index (χ1) is 13.6. The summed E-state index contributed by atoms with van der Waals surface area (Å²) in [5, 5.41) is 12.3. The van der Waals surface area contributed by atoms with Crippen LogP contribution in [0.1, 0.15) is 39.3 Å². The Kier molecular flexibility index (Phi) is 6.97. The molecule has 0 aliphatic carbocycles. The molecule has 11 nitrogen and oxygen atoms in total. The van der Waals surface area contributed by atoms with E-state index in [9.17, 15) is 19.7 Å². The monoisotopic (exact) mass is 408 g/mol. The largest absolute Gasteiger partial charge is 0.460 e. The number of esters is 2. The molecule has 0 amide bonds. The van der Waals surface area contributed by atoms with Crippen LogP contribution in [0.5, 0.6) is 0 Å². The van der Waals surface area contributed by atoms with Gasteiger partial charge in [-0.3, -0.25) is 0 Å². The zero-order chi connectivity index (χ0) is 21.7. The fourth-order valence-corrected chi connectivity index (χ4v) is 3.08. The lowest BCUT2D eigenvalue weighted by molar-refractivity contribution is -0.757.